The molecular weight excluding hydrogens is 220 g/mol. The summed E-state index contributed by atoms with van der Waals surface area (Å²) in [6, 6.07) is 1.75. The highest BCUT2D eigenvalue weighted by Crippen LogP contribution is 2.20. The summed E-state index contributed by atoms with van der Waals surface area (Å²) in [6.07, 6.45) is 3.06. The average molecular weight is 236 g/mol. The molecule has 1 aliphatic heterocycles. The van der Waals surface area contributed by atoms with E-state index >= 15 is 0 Å². The van der Waals surface area contributed by atoms with Gasteiger partial charge in [-0.05, 0) is 25.8 Å². The molecule has 0 saturated carbocycles. The number of nitrogens with zero attached hydrogens (tertiary/aromatic N) is 1. The summed E-state index contributed by atoms with van der Waals surface area (Å²) in [5, 5.41) is 0. The second kappa shape index (κ2) is 4.61. The van der Waals surface area contributed by atoms with E-state index in [9.17, 15) is 9.59 Å². The van der Waals surface area contributed by atoms with Gasteiger partial charge in [0.15, 0.2) is 5.76 Å². The van der Waals surface area contributed by atoms with Gasteiger partial charge in [-0.1, -0.05) is 0 Å². The van der Waals surface area contributed by atoms with Crippen LogP contribution in [0.25, 0.3) is 0 Å². The molecule has 0 radical (unpaired) electrons. The molecule has 2 amide bonds. The van der Waals surface area contributed by atoms with Gasteiger partial charge < -0.3 is 15.1 Å². The first-order valence-corrected chi connectivity index (χ1v) is 5.72. The largest absolute Gasteiger partial charge is 0.459 e. The van der Waals surface area contributed by atoms with Crippen molar-refractivity contribution < 1.29 is 14.0 Å². The first kappa shape index (κ1) is 11.7. The van der Waals surface area contributed by atoms with Crippen molar-refractivity contribution >= 4 is 11.8 Å². The number of likely N-dealkylation sites (tertiary alicyclic amines) is 1. The quantitative estimate of drug-likeness (QED) is 0.829. The van der Waals surface area contributed by atoms with Crippen LogP contribution >= 0.6 is 0 Å². The number of amides is 2. The molecule has 2 N–H and O–H groups in total. The monoisotopic (exact) mass is 236 g/mol. The number of hydrogen-bond donors (Lipinski definition) is 1. The Labute approximate surface area is 99.6 Å². The number of aryl methyl sites for hydroxylation is 1. The lowest BCUT2D eigenvalue weighted by Crippen LogP contribution is -2.44. The molecule has 0 aromatic carbocycles. The number of furan rings is 1. The number of primary amides is 1. The van der Waals surface area contributed by atoms with Gasteiger partial charge in [-0.3, -0.25) is 9.59 Å². The van der Waals surface area contributed by atoms with Crippen LogP contribution in [0.3, 0.4) is 0 Å². The summed E-state index contributed by atoms with van der Waals surface area (Å²) in [4.78, 5) is 24.9. The maximum atomic E-state index is 12.1. The summed E-state index contributed by atoms with van der Waals surface area (Å²) in [5.74, 6) is -0.366. The molecule has 0 spiro atoms. The molecule has 17 heavy (non-hydrogen) atoms. The van der Waals surface area contributed by atoms with Crippen molar-refractivity contribution in [2.24, 2.45) is 11.7 Å². The summed E-state index contributed by atoms with van der Waals surface area (Å²) in [7, 11) is 0. The van der Waals surface area contributed by atoms with Crippen LogP contribution < -0.4 is 5.73 Å². The minimum atomic E-state index is -0.335. The number of carbonyl (C=O) groups excluding carboxylic acids is 2. The molecule has 2 rings (SSSR count). The second-order valence-electron chi connectivity index (χ2n) is 4.43. The zero-order valence-corrected chi connectivity index (χ0v) is 9.81. The van der Waals surface area contributed by atoms with E-state index in [4.69, 9.17) is 10.2 Å². The molecule has 0 unspecified atom stereocenters. The lowest BCUT2D eigenvalue weighted by Gasteiger charge is -2.30. The van der Waals surface area contributed by atoms with Crippen LogP contribution in [0.4, 0.5) is 0 Å². The van der Waals surface area contributed by atoms with Crippen LogP contribution in [0, 0.1) is 12.8 Å². The zero-order chi connectivity index (χ0) is 12.4. The van der Waals surface area contributed by atoms with Gasteiger partial charge >= 0.3 is 0 Å². The van der Waals surface area contributed by atoms with Gasteiger partial charge in [0, 0.05) is 18.7 Å². The molecule has 0 bridgehead atoms. The summed E-state index contributed by atoms with van der Waals surface area (Å²) < 4.78 is 5.17. The molecule has 5 nitrogen and oxygen atoms in total. The highest BCUT2D eigenvalue weighted by molar-refractivity contribution is 5.93. The van der Waals surface area contributed by atoms with E-state index in [0.29, 0.717) is 18.8 Å². The molecule has 1 fully saturated rings. The van der Waals surface area contributed by atoms with Crippen molar-refractivity contribution in [1.29, 1.82) is 0 Å². The SMILES string of the molecule is Cc1ccoc1C(=O)N1CCC[C@H](C(N)=O)C1. The van der Waals surface area contributed by atoms with Gasteiger partial charge in [0.2, 0.25) is 5.91 Å². The molecule has 1 aliphatic rings. The first-order valence-electron chi connectivity index (χ1n) is 5.72. The fraction of sp³-hybridized carbons (Fsp3) is 0.500. The summed E-state index contributed by atoms with van der Waals surface area (Å²) >= 11 is 0. The number of hydrogen-bond acceptors (Lipinski definition) is 3. The summed E-state index contributed by atoms with van der Waals surface area (Å²) in [6.45, 7) is 2.88. The smallest absolute Gasteiger partial charge is 0.289 e. The molecule has 1 saturated heterocycles. The Balaban J connectivity index is 2.10. The third-order valence-corrected chi connectivity index (χ3v) is 3.17. The van der Waals surface area contributed by atoms with Crippen LogP contribution in [0.2, 0.25) is 0 Å². The van der Waals surface area contributed by atoms with Crippen molar-refractivity contribution in [3.63, 3.8) is 0 Å². The Hall–Kier alpha value is -1.78. The predicted molar refractivity (Wildman–Crippen MR) is 61.3 cm³/mol. The normalized spacial score (nSPS) is 20.3. The van der Waals surface area contributed by atoms with Crippen LogP contribution in [0.1, 0.15) is 29.0 Å². The van der Waals surface area contributed by atoms with Crippen LogP contribution in [-0.2, 0) is 4.79 Å². The maximum Gasteiger partial charge on any atom is 0.289 e. The van der Waals surface area contributed by atoms with E-state index in [0.717, 1.165) is 18.4 Å². The van der Waals surface area contributed by atoms with Crippen molar-refractivity contribution in [1.82, 2.24) is 4.90 Å². The van der Waals surface area contributed by atoms with Crippen molar-refractivity contribution in [2.45, 2.75) is 19.8 Å². The van der Waals surface area contributed by atoms with Crippen LogP contribution in [0.5, 0.6) is 0 Å². The molecule has 0 aliphatic carbocycles. The topological polar surface area (TPSA) is 76.5 Å². The van der Waals surface area contributed by atoms with Crippen molar-refractivity contribution in [3.05, 3.63) is 23.7 Å². The molecule has 5 heteroatoms. The standard InChI is InChI=1S/C12H16N2O3/c1-8-4-6-17-10(8)12(16)14-5-2-3-9(7-14)11(13)15/h4,6,9H,2-3,5,7H2,1H3,(H2,13,15)/t9-/m0/s1. The molecular formula is C12H16N2O3. The summed E-state index contributed by atoms with van der Waals surface area (Å²) in [5.41, 5.74) is 6.09. The molecule has 1 atom stereocenters. The molecule has 92 valence electrons. The third kappa shape index (κ3) is 2.33. The Bertz CT molecular complexity index is 439. The second-order valence-corrected chi connectivity index (χ2v) is 4.43. The van der Waals surface area contributed by atoms with Crippen LogP contribution in [-0.4, -0.2) is 29.8 Å². The van der Waals surface area contributed by atoms with Gasteiger partial charge in [-0.2, -0.15) is 0 Å². The first-order chi connectivity index (χ1) is 8.09. The predicted octanol–water partition coefficient (Wildman–Crippen LogP) is 0.926. The minimum absolute atomic E-state index is 0.154. The molecule has 1 aromatic heterocycles. The zero-order valence-electron chi connectivity index (χ0n) is 9.81. The van der Waals surface area contributed by atoms with Crippen molar-refractivity contribution in [2.75, 3.05) is 13.1 Å². The Morgan fingerprint density at radius 1 is 1.53 bits per heavy atom. The minimum Gasteiger partial charge on any atom is -0.459 e. The fourth-order valence-electron chi connectivity index (χ4n) is 2.13. The van der Waals surface area contributed by atoms with E-state index in [1.54, 1.807) is 11.0 Å². The van der Waals surface area contributed by atoms with Crippen LogP contribution in [0.15, 0.2) is 16.7 Å². The van der Waals surface area contributed by atoms with Gasteiger partial charge in [0.05, 0.1) is 12.2 Å². The number of piperidine rings is 1. The van der Waals surface area contributed by atoms with Gasteiger partial charge in [-0.25, -0.2) is 0 Å². The Morgan fingerprint density at radius 2 is 2.29 bits per heavy atom. The van der Waals surface area contributed by atoms with Gasteiger partial charge in [-0.15, -0.1) is 0 Å². The third-order valence-electron chi connectivity index (χ3n) is 3.17. The van der Waals surface area contributed by atoms with Crippen molar-refractivity contribution in [3.8, 4) is 0 Å². The van der Waals surface area contributed by atoms with Gasteiger partial charge in [0.25, 0.3) is 5.91 Å². The fourth-order valence-corrected chi connectivity index (χ4v) is 2.13. The lowest BCUT2D eigenvalue weighted by molar-refractivity contribution is -0.123. The number of nitrogens with two attached hydrogens (primary N) is 1. The van der Waals surface area contributed by atoms with E-state index in [-0.39, 0.29) is 17.7 Å². The maximum absolute atomic E-state index is 12.1. The highest BCUT2D eigenvalue weighted by Gasteiger charge is 2.29. The van der Waals surface area contributed by atoms with E-state index in [1.165, 1.54) is 6.26 Å². The Kier molecular flexibility index (Phi) is 3.17. The number of carbonyl (C=O) groups is 2. The lowest BCUT2D eigenvalue weighted by atomic mass is 9.97. The van der Waals surface area contributed by atoms with Gasteiger partial charge in [0.1, 0.15) is 0 Å². The Morgan fingerprint density at radius 3 is 2.88 bits per heavy atom. The van der Waals surface area contributed by atoms with E-state index < -0.39 is 0 Å². The molecule has 1 aromatic rings. The van der Waals surface area contributed by atoms with E-state index in [1.807, 2.05) is 6.92 Å². The average Bonchev–Trinajstić information content (AvgIpc) is 2.74. The molecule has 2 heterocycles. The highest BCUT2D eigenvalue weighted by atomic mass is 16.3. The number of rotatable bonds is 2. The van der Waals surface area contributed by atoms with E-state index in [2.05, 4.69) is 0 Å².